The number of hydrogen-bond acceptors (Lipinski definition) is 7. The summed E-state index contributed by atoms with van der Waals surface area (Å²) in [5.41, 5.74) is 5.33. The number of aromatic nitrogens is 2. The predicted octanol–water partition coefficient (Wildman–Crippen LogP) is 2.47. The smallest absolute Gasteiger partial charge is 0.352 e. The van der Waals surface area contributed by atoms with Crippen LogP contribution in [0.2, 0.25) is 0 Å². The summed E-state index contributed by atoms with van der Waals surface area (Å²) in [6.07, 6.45) is 0. The maximum absolute atomic E-state index is 11.1. The lowest BCUT2D eigenvalue weighted by Crippen LogP contribution is -2.05. The topological polar surface area (TPSA) is 113 Å². The lowest BCUT2D eigenvalue weighted by Gasteiger charge is -2.11. The molecule has 2 N–H and O–H groups in total. The van der Waals surface area contributed by atoms with Crippen molar-refractivity contribution in [1.82, 2.24) is 9.97 Å². The zero-order chi connectivity index (χ0) is 15.4. The van der Waals surface area contributed by atoms with E-state index >= 15 is 0 Å². The second-order valence-electron chi connectivity index (χ2n) is 4.06. The molecule has 0 unspecified atom stereocenters. The Morgan fingerprint density at radius 1 is 1.29 bits per heavy atom. The van der Waals surface area contributed by atoms with Crippen LogP contribution in [0.1, 0.15) is 12.6 Å². The minimum Gasteiger partial charge on any atom is -0.490 e. The predicted molar refractivity (Wildman–Crippen MR) is 75.5 cm³/mol. The molecular weight excluding hydrogens is 276 g/mol. The Morgan fingerprint density at radius 3 is 2.57 bits per heavy atom. The van der Waals surface area contributed by atoms with Crippen LogP contribution in [0.4, 0.5) is 11.6 Å². The van der Waals surface area contributed by atoms with E-state index in [-0.39, 0.29) is 23.2 Å². The molecule has 0 fully saturated rings. The van der Waals surface area contributed by atoms with Gasteiger partial charge in [-0.3, -0.25) is 10.1 Å². The van der Waals surface area contributed by atoms with Gasteiger partial charge < -0.3 is 15.2 Å². The number of benzene rings is 1. The van der Waals surface area contributed by atoms with Crippen molar-refractivity contribution in [3.05, 3.63) is 40.1 Å². The highest BCUT2D eigenvalue weighted by molar-refractivity contribution is 5.51. The van der Waals surface area contributed by atoms with Crippen molar-refractivity contribution < 1.29 is 14.4 Å². The Bertz CT molecular complexity index is 675. The summed E-state index contributed by atoms with van der Waals surface area (Å²) in [4.78, 5) is 18.1. The van der Waals surface area contributed by atoms with E-state index in [2.05, 4.69) is 9.97 Å². The first kappa shape index (κ1) is 14.5. The van der Waals surface area contributed by atoms with E-state index in [1.165, 1.54) is 6.92 Å². The van der Waals surface area contributed by atoms with Gasteiger partial charge >= 0.3 is 11.6 Å². The van der Waals surface area contributed by atoms with E-state index < -0.39 is 4.92 Å². The number of ether oxygens (including phenoxy) is 2. The monoisotopic (exact) mass is 290 g/mol. The van der Waals surface area contributed by atoms with Crippen molar-refractivity contribution in [2.75, 3.05) is 12.3 Å². The van der Waals surface area contributed by atoms with Crippen LogP contribution < -0.4 is 15.2 Å². The number of nitrogens with zero attached hydrogens (tertiary/aromatic N) is 3. The molecule has 8 nitrogen and oxygen atoms in total. The molecule has 0 bridgehead atoms. The van der Waals surface area contributed by atoms with Crippen molar-refractivity contribution in [1.29, 1.82) is 0 Å². The minimum atomic E-state index is -0.604. The second kappa shape index (κ2) is 6.04. The zero-order valence-corrected chi connectivity index (χ0v) is 11.6. The van der Waals surface area contributed by atoms with Gasteiger partial charge in [0.25, 0.3) is 0 Å². The summed E-state index contributed by atoms with van der Waals surface area (Å²) >= 11 is 0. The normalized spacial score (nSPS) is 10.2. The van der Waals surface area contributed by atoms with Gasteiger partial charge in [0.1, 0.15) is 5.69 Å². The highest BCUT2D eigenvalue weighted by Crippen LogP contribution is 2.36. The molecule has 21 heavy (non-hydrogen) atoms. The van der Waals surface area contributed by atoms with Gasteiger partial charge in [0, 0.05) is 0 Å². The van der Waals surface area contributed by atoms with Crippen molar-refractivity contribution in [3.63, 3.8) is 0 Å². The van der Waals surface area contributed by atoms with E-state index in [9.17, 15) is 10.1 Å². The van der Waals surface area contributed by atoms with Gasteiger partial charge in [-0.05, 0) is 26.0 Å². The highest BCUT2D eigenvalue weighted by atomic mass is 16.6. The number of para-hydroxylation sites is 2. The summed E-state index contributed by atoms with van der Waals surface area (Å²) in [5, 5.41) is 11.1. The first-order valence-electron chi connectivity index (χ1n) is 6.21. The molecular formula is C13H14N4O4. The summed E-state index contributed by atoms with van der Waals surface area (Å²) in [6, 6.07) is 6.82. The van der Waals surface area contributed by atoms with Crippen molar-refractivity contribution >= 4 is 11.6 Å². The molecule has 1 aromatic heterocycles. The summed E-state index contributed by atoms with van der Waals surface area (Å²) in [6.45, 7) is 3.73. The number of nitrogen functional groups attached to an aromatic ring is 1. The van der Waals surface area contributed by atoms with E-state index in [1.807, 2.05) is 6.92 Å². The number of nitro groups is 1. The number of aryl methyl sites for hydroxylation is 1. The molecule has 0 saturated heterocycles. The molecule has 110 valence electrons. The molecule has 0 aliphatic rings. The Balaban J connectivity index is 2.47. The fourth-order valence-corrected chi connectivity index (χ4v) is 1.76. The van der Waals surface area contributed by atoms with Gasteiger partial charge in [-0.15, -0.1) is 0 Å². The maximum atomic E-state index is 11.1. The molecule has 0 radical (unpaired) electrons. The van der Waals surface area contributed by atoms with Crippen molar-refractivity contribution in [3.8, 4) is 17.4 Å². The number of nitrogens with two attached hydrogens (primary N) is 1. The van der Waals surface area contributed by atoms with E-state index in [1.54, 1.807) is 24.3 Å². The van der Waals surface area contributed by atoms with Gasteiger partial charge in [0.15, 0.2) is 11.5 Å². The second-order valence-corrected chi connectivity index (χ2v) is 4.06. The van der Waals surface area contributed by atoms with Gasteiger partial charge in [-0.1, -0.05) is 12.1 Å². The lowest BCUT2D eigenvalue weighted by atomic mass is 10.3. The van der Waals surface area contributed by atoms with E-state index in [0.29, 0.717) is 18.1 Å². The quantitative estimate of drug-likeness (QED) is 0.664. The van der Waals surface area contributed by atoms with E-state index in [0.717, 1.165) is 0 Å². The first-order chi connectivity index (χ1) is 10.0. The lowest BCUT2D eigenvalue weighted by molar-refractivity contribution is -0.386. The fraction of sp³-hybridized carbons (Fsp3) is 0.231. The molecule has 1 heterocycles. The van der Waals surface area contributed by atoms with Crippen LogP contribution in [0.15, 0.2) is 24.3 Å². The highest BCUT2D eigenvalue weighted by Gasteiger charge is 2.24. The number of rotatable bonds is 5. The van der Waals surface area contributed by atoms with Crippen LogP contribution in [-0.2, 0) is 0 Å². The third-order valence-corrected chi connectivity index (χ3v) is 2.58. The molecule has 0 amide bonds. The van der Waals surface area contributed by atoms with Crippen molar-refractivity contribution in [2.24, 2.45) is 0 Å². The van der Waals surface area contributed by atoms with E-state index in [4.69, 9.17) is 15.2 Å². The van der Waals surface area contributed by atoms with Gasteiger partial charge in [-0.25, -0.2) is 4.98 Å². The maximum Gasteiger partial charge on any atom is 0.352 e. The standard InChI is InChI=1S/C13H14N4O4/c1-3-20-9-6-4-5-7-10(9)21-12-11(17(18)19)8(2)15-13(14)16-12/h4-7H,3H2,1-2H3,(H2,14,15,16). The molecule has 0 spiro atoms. The third kappa shape index (κ3) is 3.16. The average molecular weight is 290 g/mol. The summed E-state index contributed by atoms with van der Waals surface area (Å²) in [5.74, 6) is 0.475. The number of hydrogen-bond donors (Lipinski definition) is 1. The Labute approximate surface area is 120 Å². The largest absolute Gasteiger partial charge is 0.490 e. The summed E-state index contributed by atoms with van der Waals surface area (Å²) < 4.78 is 10.9. The average Bonchev–Trinajstić information content (AvgIpc) is 2.40. The molecule has 1 aromatic carbocycles. The van der Waals surface area contributed by atoms with Crippen LogP contribution in [0, 0.1) is 17.0 Å². The third-order valence-electron chi connectivity index (χ3n) is 2.58. The summed E-state index contributed by atoms with van der Waals surface area (Å²) in [7, 11) is 0. The fourth-order valence-electron chi connectivity index (χ4n) is 1.76. The SMILES string of the molecule is CCOc1ccccc1Oc1nc(N)nc(C)c1[N+](=O)[O-]. The van der Waals surface area contributed by atoms with Crippen molar-refractivity contribution in [2.45, 2.75) is 13.8 Å². The molecule has 8 heteroatoms. The van der Waals surface area contributed by atoms with Gasteiger partial charge in [-0.2, -0.15) is 4.98 Å². The zero-order valence-electron chi connectivity index (χ0n) is 11.6. The first-order valence-corrected chi connectivity index (χ1v) is 6.21. The van der Waals surface area contributed by atoms with Crippen LogP contribution in [-0.4, -0.2) is 21.5 Å². The number of anilines is 1. The molecule has 0 saturated carbocycles. The van der Waals surface area contributed by atoms with Gasteiger partial charge in [0.05, 0.1) is 11.5 Å². The van der Waals surface area contributed by atoms with Crippen LogP contribution >= 0.6 is 0 Å². The minimum absolute atomic E-state index is 0.0954. The molecule has 2 rings (SSSR count). The van der Waals surface area contributed by atoms with Crippen LogP contribution in [0.5, 0.6) is 17.4 Å². The molecule has 0 atom stereocenters. The Kier molecular flexibility index (Phi) is 4.17. The molecule has 0 aliphatic carbocycles. The van der Waals surface area contributed by atoms with Gasteiger partial charge in [0.2, 0.25) is 5.95 Å². The van der Waals surface area contributed by atoms with Crippen LogP contribution in [0.3, 0.4) is 0 Å². The Hall–Kier alpha value is -2.90. The Morgan fingerprint density at radius 2 is 1.95 bits per heavy atom. The molecule has 2 aromatic rings. The molecule has 0 aliphatic heterocycles. The van der Waals surface area contributed by atoms with Crippen LogP contribution in [0.25, 0.3) is 0 Å².